The van der Waals surface area contributed by atoms with Crippen LogP contribution in [0.3, 0.4) is 0 Å². The van der Waals surface area contributed by atoms with Crippen molar-refractivity contribution >= 4 is 27.1 Å². The molecule has 0 bridgehead atoms. The van der Waals surface area contributed by atoms with Gasteiger partial charge in [0.25, 0.3) is 5.91 Å². The third kappa shape index (κ3) is 7.56. The Kier molecular flexibility index (Phi) is 8.21. The molecule has 2 heterocycles. The molecular formula is C28H33F3N4O4S. The molecule has 216 valence electrons. The number of piperidine rings is 1. The molecule has 2 aromatic carbocycles. The standard InChI is InChI=1S/C28H33F3N4O4S/c1-27(2,3)25-17-24(26(36)32-20-8-10-22(11-9-20)39-28(29,30)31)33-35(25)18-19-6-5-7-21(16-19)34-14-12-23(13-15-34)40(4,37)38/h5-11,16-17,23H,12-15,18H2,1-4H3,(H,32,36). The molecule has 3 aromatic rings. The van der Waals surface area contributed by atoms with Crippen LogP contribution in [0.25, 0.3) is 0 Å². The third-order valence-electron chi connectivity index (χ3n) is 6.78. The fourth-order valence-electron chi connectivity index (χ4n) is 4.75. The molecule has 1 fully saturated rings. The van der Waals surface area contributed by atoms with E-state index in [-0.39, 0.29) is 22.1 Å². The molecule has 4 rings (SSSR count). The van der Waals surface area contributed by atoms with Gasteiger partial charge in [0.05, 0.1) is 11.8 Å². The first-order chi connectivity index (χ1) is 18.6. The van der Waals surface area contributed by atoms with Crippen molar-refractivity contribution in [2.75, 3.05) is 29.6 Å². The number of hydrogen-bond donors (Lipinski definition) is 1. The maximum atomic E-state index is 13.0. The Hall–Kier alpha value is -3.54. The van der Waals surface area contributed by atoms with Gasteiger partial charge in [0.2, 0.25) is 0 Å². The van der Waals surface area contributed by atoms with Crippen molar-refractivity contribution in [1.29, 1.82) is 0 Å². The van der Waals surface area contributed by atoms with Gasteiger partial charge in [-0.1, -0.05) is 32.9 Å². The summed E-state index contributed by atoms with van der Waals surface area (Å²) in [5.74, 6) is -0.872. The summed E-state index contributed by atoms with van der Waals surface area (Å²) in [6.45, 7) is 7.78. The second-order valence-electron chi connectivity index (χ2n) is 11.0. The zero-order chi connectivity index (χ0) is 29.3. The third-order valence-corrected chi connectivity index (χ3v) is 8.46. The van der Waals surface area contributed by atoms with Crippen molar-refractivity contribution in [3.05, 3.63) is 71.5 Å². The summed E-state index contributed by atoms with van der Waals surface area (Å²) in [5.41, 5.74) is 2.98. The summed E-state index contributed by atoms with van der Waals surface area (Å²) in [7, 11) is -3.05. The summed E-state index contributed by atoms with van der Waals surface area (Å²) in [5, 5.41) is 6.93. The average molecular weight is 579 g/mol. The number of carbonyl (C=O) groups excluding carboxylic acids is 1. The van der Waals surface area contributed by atoms with Gasteiger partial charge >= 0.3 is 6.36 Å². The molecule has 0 radical (unpaired) electrons. The first-order valence-electron chi connectivity index (χ1n) is 12.9. The summed E-state index contributed by atoms with van der Waals surface area (Å²) in [6.07, 6.45) is -2.32. The number of ether oxygens (including phenoxy) is 1. The van der Waals surface area contributed by atoms with Crippen molar-refractivity contribution in [2.24, 2.45) is 0 Å². The van der Waals surface area contributed by atoms with E-state index in [1.807, 2.05) is 39.0 Å². The molecule has 0 spiro atoms. The fraction of sp³-hybridized carbons (Fsp3) is 0.429. The number of nitrogens with one attached hydrogen (secondary N) is 1. The van der Waals surface area contributed by atoms with Gasteiger partial charge in [-0.3, -0.25) is 9.48 Å². The number of nitrogens with zero attached hydrogens (tertiary/aromatic N) is 3. The second-order valence-corrected chi connectivity index (χ2v) is 13.4. The molecule has 0 saturated carbocycles. The number of amides is 1. The highest BCUT2D eigenvalue weighted by molar-refractivity contribution is 7.91. The van der Waals surface area contributed by atoms with Crippen LogP contribution < -0.4 is 15.0 Å². The highest BCUT2D eigenvalue weighted by Gasteiger charge is 2.31. The molecule has 8 nitrogen and oxygen atoms in total. The van der Waals surface area contributed by atoms with Crippen molar-refractivity contribution in [3.63, 3.8) is 0 Å². The van der Waals surface area contributed by atoms with Gasteiger partial charge in [-0.15, -0.1) is 13.2 Å². The maximum absolute atomic E-state index is 13.0. The molecule has 0 aliphatic carbocycles. The van der Waals surface area contributed by atoms with E-state index in [0.717, 1.165) is 29.1 Å². The van der Waals surface area contributed by atoms with E-state index in [4.69, 9.17) is 0 Å². The average Bonchev–Trinajstić information content (AvgIpc) is 3.29. The number of alkyl halides is 3. The van der Waals surface area contributed by atoms with E-state index in [1.54, 1.807) is 10.7 Å². The van der Waals surface area contributed by atoms with Crippen molar-refractivity contribution < 1.29 is 31.1 Å². The lowest BCUT2D eigenvalue weighted by atomic mass is 9.91. The number of hydrogen-bond acceptors (Lipinski definition) is 6. The number of aromatic nitrogens is 2. The predicted molar refractivity (Wildman–Crippen MR) is 148 cm³/mol. The fourth-order valence-corrected chi connectivity index (χ4v) is 5.82. The molecule has 1 aliphatic heterocycles. The number of halogens is 3. The van der Waals surface area contributed by atoms with Crippen molar-refractivity contribution in [2.45, 2.75) is 57.2 Å². The van der Waals surface area contributed by atoms with Gasteiger partial charge in [-0.2, -0.15) is 5.10 Å². The van der Waals surface area contributed by atoms with Gasteiger partial charge < -0.3 is 15.0 Å². The maximum Gasteiger partial charge on any atom is 0.573 e. The van der Waals surface area contributed by atoms with Crippen LogP contribution in [0.1, 0.15) is 55.4 Å². The first-order valence-corrected chi connectivity index (χ1v) is 14.8. The van der Waals surface area contributed by atoms with E-state index in [1.165, 1.54) is 18.4 Å². The number of carbonyl (C=O) groups is 1. The summed E-state index contributed by atoms with van der Waals surface area (Å²) < 4.78 is 66.7. The van der Waals surface area contributed by atoms with E-state index in [0.29, 0.717) is 38.2 Å². The predicted octanol–water partition coefficient (Wildman–Crippen LogP) is 5.39. The summed E-state index contributed by atoms with van der Waals surface area (Å²) in [4.78, 5) is 15.2. The molecule has 1 N–H and O–H groups in total. The molecule has 12 heteroatoms. The largest absolute Gasteiger partial charge is 0.573 e. The zero-order valence-corrected chi connectivity index (χ0v) is 23.6. The number of benzene rings is 2. The molecule has 0 atom stereocenters. The zero-order valence-electron chi connectivity index (χ0n) is 22.8. The molecule has 1 aliphatic rings. The lowest BCUT2D eigenvalue weighted by molar-refractivity contribution is -0.274. The van der Waals surface area contributed by atoms with E-state index < -0.39 is 22.1 Å². The number of sulfone groups is 1. The van der Waals surface area contributed by atoms with Crippen molar-refractivity contribution in [1.82, 2.24) is 9.78 Å². The Morgan fingerprint density at radius 3 is 2.27 bits per heavy atom. The Balaban J connectivity index is 1.49. The topological polar surface area (TPSA) is 93.5 Å². The smallest absolute Gasteiger partial charge is 0.406 e. The van der Waals surface area contributed by atoms with Crippen LogP contribution in [0.5, 0.6) is 5.75 Å². The minimum atomic E-state index is -4.80. The lowest BCUT2D eigenvalue weighted by Crippen LogP contribution is -2.39. The number of rotatable bonds is 7. The summed E-state index contributed by atoms with van der Waals surface area (Å²) >= 11 is 0. The van der Waals surface area contributed by atoms with Crippen LogP contribution in [-0.2, 0) is 21.8 Å². The number of anilines is 2. The second kappa shape index (κ2) is 11.1. The lowest BCUT2D eigenvalue weighted by Gasteiger charge is -2.33. The van der Waals surface area contributed by atoms with E-state index in [9.17, 15) is 26.4 Å². The van der Waals surface area contributed by atoms with Crippen LogP contribution >= 0.6 is 0 Å². The van der Waals surface area contributed by atoms with Gasteiger partial charge in [-0.25, -0.2) is 8.42 Å². The highest BCUT2D eigenvalue weighted by Crippen LogP contribution is 2.28. The Bertz CT molecular complexity index is 1450. The SMILES string of the molecule is CC(C)(C)c1cc(C(=O)Nc2ccc(OC(F)(F)F)cc2)nn1Cc1cccc(N2CCC(S(C)(=O)=O)CC2)c1. The van der Waals surface area contributed by atoms with Gasteiger partial charge in [0.15, 0.2) is 5.69 Å². The minimum Gasteiger partial charge on any atom is -0.406 e. The van der Waals surface area contributed by atoms with E-state index in [2.05, 4.69) is 26.1 Å². The molecule has 40 heavy (non-hydrogen) atoms. The Morgan fingerprint density at radius 1 is 1.05 bits per heavy atom. The van der Waals surface area contributed by atoms with Crippen LogP contribution in [0, 0.1) is 0 Å². The first kappa shape index (κ1) is 29.4. The van der Waals surface area contributed by atoms with Crippen LogP contribution in [0.15, 0.2) is 54.6 Å². The monoisotopic (exact) mass is 578 g/mol. The van der Waals surface area contributed by atoms with Gasteiger partial charge in [-0.05, 0) is 60.9 Å². The summed E-state index contributed by atoms with van der Waals surface area (Å²) in [6, 6.07) is 14.6. The van der Waals surface area contributed by atoms with Crippen molar-refractivity contribution in [3.8, 4) is 5.75 Å². The van der Waals surface area contributed by atoms with E-state index >= 15 is 0 Å². The molecule has 1 amide bonds. The molecule has 1 saturated heterocycles. The highest BCUT2D eigenvalue weighted by atomic mass is 32.2. The normalized spacial score (nSPS) is 15.2. The molecular weight excluding hydrogens is 545 g/mol. The van der Waals surface area contributed by atoms with Gasteiger partial charge in [0, 0.05) is 41.8 Å². The van der Waals surface area contributed by atoms with Crippen LogP contribution in [0.2, 0.25) is 0 Å². The Labute approximate surface area is 232 Å². The molecule has 0 unspecified atom stereocenters. The Morgan fingerprint density at radius 2 is 1.70 bits per heavy atom. The quantitative estimate of drug-likeness (QED) is 0.404. The van der Waals surface area contributed by atoms with Crippen LogP contribution in [0.4, 0.5) is 24.5 Å². The van der Waals surface area contributed by atoms with Crippen LogP contribution in [-0.4, -0.2) is 55.1 Å². The molecule has 1 aromatic heterocycles. The minimum absolute atomic E-state index is 0.180. The van der Waals surface area contributed by atoms with Gasteiger partial charge in [0.1, 0.15) is 15.6 Å².